The van der Waals surface area contributed by atoms with Crippen molar-refractivity contribution in [1.29, 1.82) is 0 Å². The van der Waals surface area contributed by atoms with E-state index in [9.17, 15) is 0 Å². The first-order valence-corrected chi connectivity index (χ1v) is 7.73. The number of hydrogen-bond donors (Lipinski definition) is 0. The van der Waals surface area contributed by atoms with Gasteiger partial charge >= 0.3 is 0 Å². The van der Waals surface area contributed by atoms with Gasteiger partial charge in [0, 0.05) is 0 Å². The van der Waals surface area contributed by atoms with Crippen LogP contribution in [0.3, 0.4) is 0 Å². The smallest absolute Gasteiger partial charge is 0.0122 e. The zero-order valence-electron chi connectivity index (χ0n) is 11.8. The molecule has 0 nitrogen and oxygen atoms in total. The van der Waals surface area contributed by atoms with Gasteiger partial charge < -0.3 is 0 Å². The van der Waals surface area contributed by atoms with Crippen molar-refractivity contribution in [3.63, 3.8) is 0 Å². The topological polar surface area (TPSA) is 0 Å². The molecular formula is C19H22. The molecule has 2 fully saturated rings. The first-order valence-electron chi connectivity index (χ1n) is 7.73. The molecule has 2 aliphatic rings. The van der Waals surface area contributed by atoms with E-state index in [4.69, 9.17) is 0 Å². The second kappa shape index (κ2) is 4.10. The van der Waals surface area contributed by atoms with E-state index in [1.165, 1.54) is 23.6 Å². The van der Waals surface area contributed by atoms with Gasteiger partial charge in [0.05, 0.1) is 0 Å². The van der Waals surface area contributed by atoms with Crippen LogP contribution >= 0.6 is 0 Å². The predicted octanol–water partition coefficient (Wildman–Crippen LogP) is 5.24. The lowest BCUT2D eigenvalue weighted by molar-refractivity contribution is 0.233. The average Bonchev–Trinajstić information content (AvgIpc) is 2.99. The number of fused-ring (bicyclic) bond motifs is 3. The summed E-state index contributed by atoms with van der Waals surface area (Å²) in [7, 11) is 0. The standard InChI is InChI=1S/C19H22/c1-12-13(2)18-10-15(12)11-19(18)17-9-5-7-14-6-3-4-8-16(14)17/h3-9,12-13,15,18-19H,10-11H2,1-2H3/t12?,13?,15-,18+,19+/m1/s1. The molecule has 0 spiro atoms. The third-order valence-electron chi connectivity index (χ3n) is 6.12. The lowest BCUT2D eigenvalue weighted by Crippen LogP contribution is -2.23. The van der Waals surface area contributed by atoms with Crippen LogP contribution in [0.2, 0.25) is 0 Å². The van der Waals surface area contributed by atoms with Gasteiger partial charge in [-0.05, 0) is 58.8 Å². The summed E-state index contributed by atoms with van der Waals surface area (Å²) in [6, 6.07) is 15.8. The maximum Gasteiger partial charge on any atom is -0.0122 e. The van der Waals surface area contributed by atoms with E-state index in [-0.39, 0.29) is 0 Å². The fourth-order valence-corrected chi connectivity index (χ4v) is 4.87. The molecule has 2 saturated carbocycles. The molecule has 2 bridgehead atoms. The highest BCUT2D eigenvalue weighted by molar-refractivity contribution is 5.86. The van der Waals surface area contributed by atoms with Crippen molar-refractivity contribution in [2.75, 3.05) is 0 Å². The summed E-state index contributed by atoms with van der Waals surface area (Å²) in [5.74, 6) is 4.55. The summed E-state index contributed by atoms with van der Waals surface area (Å²) in [6.45, 7) is 4.95. The number of hydrogen-bond acceptors (Lipinski definition) is 0. The molecule has 0 N–H and O–H groups in total. The van der Waals surface area contributed by atoms with Gasteiger partial charge in [0.2, 0.25) is 0 Å². The Morgan fingerprint density at radius 1 is 0.842 bits per heavy atom. The Kier molecular flexibility index (Phi) is 2.48. The molecule has 98 valence electrons. The Labute approximate surface area is 115 Å². The molecule has 2 aromatic carbocycles. The summed E-state index contributed by atoms with van der Waals surface area (Å²) in [5, 5.41) is 2.89. The van der Waals surface area contributed by atoms with Crippen molar-refractivity contribution in [3.05, 3.63) is 48.0 Å². The van der Waals surface area contributed by atoms with E-state index in [0.717, 1.165) is 29.6 Å². The van der Waals surface area contributed by atoms with E-state index in [1.807, 2.05) is 0 Å². The summed E-state index contributed by atoms with van der Waals surface area (Å²) in [6.07, 6.45) is 2.89. The largest absolute Gasteiger partial charge is 0.0620 e. The Morgan fingerprint density at radius 3 is 2.42 bits per heavy atom. The van der Waals surface area contributed by atoms with Crippen molar-refractivity contribution < 1.29 is 0 Å². The van der Waals surface area contributed by atoms with Crippen molar-refractivity contribution in [2.24, 2.45) is 23.7 Å². The number of benzene rings is 2. The highest BCUT2D eigenvalue weighted by Crippen LogP contribution is 2.59. The molecule has 0 saturated heterocycles. The van der Waals surface area contributed by atoms with Crippen LogP contribution in [0.4, 0.5) is 0 Å². The number of rotatable bonds is 1. The maximum atomic E-state index is 2.48. The zero-order valence-corrected chi connectivity index (χ0v) is 11.8. The Balaban J connectivity index is 1.80. The van der Waals surface area contributed by atoms with Gasteiger partial charge in [-0.15, -0.1) is 0 Å². The van der Waals surface area contributed by atoms with E-state index >= 15 is 0 Å². The fourth-order valence-electron chi connectivity index (χ4n) is 4.87. The van der Waals surface area contributed by atoms with Crippen LogP contribution in [0, 0.1) is 23.7 Å². The minimum absolute atomic E-state index is 0.808. The highest BCUT2D eigenvalue weighted by atomic mass is 14.5. The molecule has 0 heteroatoms. The van der Waals surface area contributed by atoms with Gasteiger partial charge in [-0.2, -0.15) is 0 Å². The quantitative estimate of drug-likeness (QED) is 0.649. The second-order valence-electron chi connectivity index (χ2n) is 6.79. The first kappa shape index (κ1) is 11.5. The first-order chi connectivity index (χ1) is 9.25. The third-order valence-corrected chi connectivity index (χ3v) is 6.12. The molecule has 19 heavy (non-hydrogen) atoms. The predicted molar refractivity (Wildman–Crippen MR) is 81.2 cm³/mol. The average molecular weight is 250 g/mol. The van der Waals surface area contributed by atoms with Crippen molar-refractivity contribution in [3.8, 4) is 0 Å². The minimum atomic E-state index is 0.808. The lowest BCUT2D eigenvalue weighted by Gasteiger charge is -2.32. The molecule has 2 aromatic rings. The van der Waals surface area contributed by atoms with Crippen molar-refractivity contribution in [2.45, 2.75) is 32.6 Å². The summed E-state index contributed by atoms with van der Waals surface area (Å²) < 4.78 is 0. The molecule has 4 rings (SSSR count). The van der Waals surface area contributed by atoms with Crippen LogP contribution in [-0.2, 0) is 0 Å². The summed E-state index contributed by atoms with van der Waals surface area (Å²) in [4.78, 5) is 0. The van der Waals surface area contributed by atoms with Crippen LogP contribution in [-0.4, -0.2) is 0 Å². The van der Waals surface area contributed by atoms with Gasteiger partial charge in [0.15, 0.2) is 0 Å². The molecular weight excluding hydrogens is 228 g/mol. The van der Waals surface area contributed by atoms with Gasteiger partial charge in [-0.1, -0.05) is 56.3 Å². The van der Waals surface area contributed by atoms with Crippen molar-refractivity contribution >= 4 is 10.8 Å². The van der Waals surface area contributed by atoms with Gasteiger partial charge in [0.25, 0.3) is 0 Å². The van der Waals surface area contributed by atoms with Crippen LogP contribution in [0.25, 0.3) is 10.8 Å². The molecule has 0 aromatic heterocycles. The maximum absolute atomic E-state index is 2.48. The Hall–Kier alpha value is -1.30. The molecule has 2 aliphatic carbocycles. The fraction of sp³-hybridized carbons (Fsp3) is 0.474. The lowest BCUT2D eigenvalue weighted by atomic mass is 9.72. The summed E-state index contributed by atoms with van der Waals surface area (Å²) >= 11 is 0. The molecule has 0 amide bonds. The van der Waals surface area contributed by atoms with Gasteiger partial charge in [-0.25, -0.2) is 0 Å². The molecule has 0 heterocycles. The van der Waals surface area contributed by atoms with Crippen LogP contribution < -0.4 is 0 Å². The SMILES string of the molecule is CC1C(C)[C@@H]2C[C@@H]1C[C@H]2c1cccc2ccccc12. The van der Waals surface area contributed by atoms with E-state index < -0.39 is 0 Å². The van der Waals surface area contributed by atoms with Crippen LogP contribution in [0.15, 0.2) is 42.5 Å². The van der Waals surface area contributed by atoms with Crippen molar-refractivity contribution in [1.82, 2.24) is 0 Å². The molecule has 2 unspecified atom stereocenters. The zero-order chi connectivity index (χ0) is 13.0. The van der Waals surface area contributed by atoms with Crippen LogP contribution in [0.5, 0.6) is 0 Å². The minimum Gasteiger partial charge on any atom is -0.0620 e. The van der Waals surface area contributed by atoms with Gasteiger partial charge in [-0.3, -0.25) is 0 Å². The monoisotopic (exact) mass is 250 g/mol. The summed E-state index contributed by atoms with van der Waals surface area (Å²) in [5.41, 5.74) is 1.62. The Bertz CT molecular complexity index is 605. The van der Waals surface area contributed by atoms with E-state index in [1.54, 1.807) is 5.56 Å². The highest BCUT2D eigenvalue weighted by Gasteiger charge is 2.49. The normalized spacial score (nSPS) is 37.1. The second-order valence-corrected chi connectivity index (χ2v) is 6.79. The van der Waals surface area contributed by atoms with Crippen LogP contribution in [0.1, 0.15) is 38.2 Å². The molecule has 5 atom stereocenters. The van der Waals surface area contributed by atoms with E-state index in [2.05, 4.69) is 56.3 Å². The van der Waals surface area contributed by atoms with Gasteiger partial charge in [0.1, 0.15) is 0 Å². The van der Waals surface area contributed by atoms with E-state index in [0.29, 0.717) is 0 Å². The third kappa shape index (κ3) is 1.59. The molecule has 0 aliphatic heterocycles. The molecule has 0 radical (unpaired) electrons. The Morgan fingerprint density at radius 2 is 1.63 bits per heavy atom.